The van der Waals surface area contributed by atoms with Crippen molar-refractivity contribution < 1.29 is 0 Å². The van der Waals surface area contributed by atoms with Crippen molar-refractivity contribution in [1.82, 2.24) is 29.9 Å². The van der Waals surface area contributed by atoms with Crippen LogP contribution in [0.15, 0.2) is 10.7 Å². The van der Waals surface area contributed by atoms with Gasteiger partial charge in [0.05, 0.1) is 27.4 Å². The van der Waals surface area contributed by atoms with Gasteiger partial charge in [-0.1, -0.05) is 0 Å². The maximum Gasteiger partial charge on any atom is 0.226 e. The molecule has 0 aromatic carbocycles. The van der Waals surface area contributed by atoms with Gasteiger partial charge >= 0.3 is 0 Å². The summed E-state index contributed by atoms with van der Waals surface area (Å²) in [6.45, 7) is 3.87. The van der Waals surface area contributed by atoms with Gasteiger partial charge in [0.25, 0.3) is 0 Å². The smallest absolute Gasteiger partial charge is 0.226 e. The highest BCUT2D eigenvalue weighted by molar-refractivity contribution is 9.10. The number of rotatable bonds is 1. The summed E-state index contributed by atoms with van der Waals surface area (Å²) in [7, 11) is 0. The molecule has 92 valence electrons. The van der Waals surface area contributed by atoms with Crippen LogP contribution < -0.4 is 0 Å². The van der Waals surface area contributed by atoms with E-state index in [2.05, 4.69) is 41.2 Å². The van der Waals surface area contributed by atoms with Gasteiger partial charge in [-0.3, -0.25) is 5.10 Å². The molecule has 3 aromatic heterocycles. The zero-order valence-electron chi connectivity index (χ0n) is 9.57. The van der Waals surface area contributed by atoms with Gasteiger partial charge in [0, 0.05) is 0 Å². The van der Waals surface area contributed by atoms with Crippen LogP contribution in [0, 0.1) is 13.8 Å². The zero-order chi connectivity index (χ0) is 12.9. The van der Waals surface area contributed by atoms with Crippen LogP contribution in [0.4, 0.5) is 0 Å². The zero-order valence-corrected chi connectivity index (χ0v) is 11.9. The molecule has 0 saturated carbocycles. The molecule has 0 aliphatic rings. The van der Waals surface area contributed by atoms with Gasteiger partial charge in [0.15, 0.2) is 11.5 Å². The highest BCUT2D eigenvalue weighted by Gasteiger charge is 2.16. The van der Waals surface area contributed by atoms with Gasteiger partial charge in [-0.25, -0.2) is 4.68 Å². The number of aromatic amines is 1. The number of aryl methyl sites for hydroxylation is 1. The van der Waals surface area contributed by atoms with Gasteiger partial charge in [-0.05, 0) is 41.4 Å². The largest absolute Gasteiger partial charge is 0.261 e. The molecule has 0 saturated heterocycles. The molecule has 0 bridgehead atoms. The minimum absolute atomic E-state index is 0.158. The van der Waals surface area contributed by atoms with Gasteiger partial charge in [0.2, 0.25) is 5.28 Å². The second-order valence-electron chi connectivity index (χ2n) is 3.85. The summed E-state index contributed by atoms with van der Waals surface area (Å²) in [5, 5.41) is 12.1. The van der Waals surface area contributed by atoms with Crippen LogP contribution in [-0.2, 0) is 0 Å². The summed E-state index contributed by atoms with van der Waals surface area (Å²) in [4.78, 5) is 8.30. The lowest BCUT2D eigenvalue weighted by molar-refractivity contribution is 0.810. The second-order valence-corrected chi connectivity index (χ2v) is 4.98. The van der Waals surface area contributed by atoms with Crippen molar-refractivity contribution in [3.05, 3.63) is 27.3 Å². The number of nitrogens with zero attached hydrogens (tertiary/aromatic N) is 5. The van der Waals surface area contributed by atoms with Crippen molar-refractivity contribution in [2.45, 2.75) is 13.8 Å². The van der Waals surface area contributed by atoms with E-state index in [0.717, 1.165) is 21.2 Å². The minimum Gasteiger partial charge on any atom is -0.261 e. The number of halogens is 2. The predicted molar refractivity (Wildman–Crippen MR) is 71.0 cm³/mol. The van der Waals surface area contributed by atoms with Crippen LogP contribution in [0.3, 0.4) is 0 Å². The van der Waals surface area contributed by atoms with Crippen LogP contribution in [0.2, 0.25) is 5.28 Å². The molecular formula is C10H8BrClN6. The van der Waals surface area contributed by atoms with E-state index in [9.17, 15) is 0 Å². The Kier molecular flexibility index (Phi) is 2.60. The average Bonchev–Trinajstić information content (AvgIpc) is 2.88. The lowest BCUT2D eigenvalue weighted by Crippen LogP contribution is -2.04. The fourth-order valence-corrected chi connectivity index (χ4v) is 2.20. The van der Waals surface area contributed by atoms with Crippen LogP contribution in [0.1, 0.15) is 11.4 Å². The van der Waals surface area contributed by atoms with Gasteiger partial charge in [-0.15, -0.1) is 0 Å². The van der Waals surface area contributed by atoms with Crippen molar-refractivity contribution in [1.29, 1.82) is 0 Å². The van der Waals surface area contributed by atoms with E-state index >= 15 is 0 Å². The molecule has 8 heteroatoms. The van der Waals surface area contributed by atoms with Gasteiger partial charge in [-0.2, -0.15) is 20.2 Å². The standard InChI is InChI=1S/C10H8BrClN6/c1-4-7(11)5(2)18(17-4)9-6-3-13-16-8(6)14-10(12)15-9/h3H,1-2H3,(H,13,14,15,16). The van der Waals surface area contributed by atoms with E-state index in [1.165, 1.54) is 0 Å². The lowest BCUT2D eigenvalue weighted by atomic mass is 10.3. The Morgan fingerprint density at radius 2 is 2.11 bits per heavy atom. The van der Waals surface area contributed by atoms with Gasteiger partial charge in [0.1, 0.15) is 0 Å². The molecule has 3 rings (SSSR count). The summed E-state index contributed by atoms with van der Waals surface area (Å²) in [5.74, 6) is 0.616. The summed E-state index contributed by atoms with van der Waals surface area (Å²) in [6.07, 6.45) is 1.66. The lowest BCUT2D eigenvalue weighted by Gasteiger charge is -2.04. The molecule has 18 heavy (non-hydrogen) atoms. The third-order valence-corrected chi connectivity index (χ3v) is 3.98. The van der Waals surface area contributed by atoms with Crippen LogP contribution in [0.5, 0.6) is 0 Å². The van der Waals surface area contributed by atoms with E-state index in [-0.39, 0.29) is 5.28 Å². The molecule has 0 aliphatic carbocycles. The highest BCUT2D eigenvalue weighted by atomic mass is 79.9. The molecule has 0 fully saturated rings. The molecule has 0 spiro atoms. The Morgan fingerprint density at radius 1 is 1.33 bits per heavy atom. The quantitative estimate of drug-likeness (QED) is 0.697. The number of aromatic nitrogens is 6. The van der Waals surface area contributed by atoms with Gasteiger partial charge < -0.3 is 0 Å². The molecular weight excluding hydrogens is 320 g/mol. The first-order chi connectivity index (χ1) is 8.58. The Balaban J connectivity index is 2.37. The normalized spacial score (nSPS) is 11.3. The molecule has 0 unspecified atom stereocenters. The van der Waals surface area contributed by atoms with Crippen molar-refractivity contribution in [3.63, 3.8) is 0 Å². The van der Waals surface area contributed by atoms with Crippen molar-refractivity contribution >= 4 is 38.6 Å². The van der Waals surface area contributed by atoms with E-state index in [1.807, 2.05) is 13.8 Å². The SMILES string of the molecule is Cc1nn(-c2nc(Cl)nc3[nH]ncc23)c(C)c1Br. The number of hydrogen-bond donors (Lipinski definition) is 1. The molecule has 0 radical (unpaired) electrons. The Hall–Kier alpha value is -1.47. The van der Waals surface area contributed by atoms with E-state index in [4.69, 9.17) is 11.6 Å². The number of nitrogens with one attached hydrogen (secondary N) is 1. The highest BCUT2D eigenvalue weighted by Crippen LogP contribution is 2.25. The number of fused-ring (bicyclic) bond motifs is 1. The minimum atomic E-state index is 0.158. The second kappa shape index (κ2) is 4.03. The first-order valence-electron chi connectivity index (χ1n) is 5.16. The van der Waals surface area contributed by atoms with E-state index in [1.54, 1.807) is 10.9 Å². The van der Waals surface area contributed by atoms with Crippen LogP contribution in [-0.4, -0.2) is 29.9 Å². The van der Waals surface area contributed by atoms with Crippen molar-refractivity contribution in [3.8, 4) is 5.82 Å². The number of H-pyrrole nitrogens is 1. The maximum absolute atomic E-state index is 5.91. The molecule has 0 aliphatic heterocycles. The van der Waals surface area contributed by atoms with E-state index in [0.29, 0.717) is 11.5 Å². The molecule has 3 aromatic rings. The molecule has 0 amide bonds. The average molecular weight is 328 g/mol. The molecule has 3 heterocycles. The summed E-state index contributed by atoms with van der Waals surface area (Å²) in [5.41, 5.74) is 2.43. The fraction of sp³-hybridized carbons (Fsp3) is 0.200. The first kappa shape index (κ1) is 11.6. The summed E-state index contributed by atoms with van der Waals surface area (Å²) >= 11 is 9.39. The van der Waals surface area contributed by atoms with Crippen molar-refractivity contribution in [2.75, 3.05) is 0 Å². The summed E-state index contributed by atoms with van der Waals surface area (Å²) < 4.78 is 2.68. The van der Waals surface area contributed by atoms with Crippen LogP contribution >= 0.6 is 27.5 Å². The molecule has 1 N–H and O–H groups in total. The van der Waals surface area contributed by atoms with Crippen molar-refractivity contribution in [2.24, 2.45) is 0 Å². The summed E-state index contributed by atoms with van der Waals surface area (Å²) in [6, 6.07) is 0. The maximum atomic E-state index is 5.91. The monoisotopic (exact) mass is 326 g/mol. The Bertz CT molecular complexity index is 746. The Morgan fingerprint density at radius 3 is 2.78 bits per heavy atom. The Labute approximate surface area is 116 Å². The fourth-order valence-electron chi connectivity index (χ4n) is 1.78. The predicted octanol–water partition coefficient (Wildman–Crippen LogP) is 2.57. The molecule has 6 nitrogen and oxygen atoms in total. The topological polar surface area (TPSA) is 72.3 Å². The third-order valence-electron chi connectivity index (χ3n) is 2.67. The first-order valence-corrected chi connectivity index (χ1v) is 6.33. The van der Waals surface area contributed by atoms with Crippen LogP contribution in [0.25, 0.3) is 16.9 Å². The van der Waals surface area contributed by atoms with E-state index < -0.39 is 0 Å². The molecule has 0 atom stereocenters. The third kappa shape index (κ3) is 1.62. The number of hydrogen-bond acceptors (Lipinski definition) is 4.